The molecule has 220 valence electrons. The largest absolute Gasteiger partial charge is 0.292 e. The molecule has 3 heteroatoms. The van der Waals surface area contributed by atoms with Crippen molar-refractivity contribution < 1.29 is 6.85 Å². The normalized spacial score (nSPS) is 12.9. The zero-order valence-corrected chi connectivity index (χ0v) is 25.2. The second-order valence-electron chi connectivity index (χ2n) is 11.4. The highest BCUT2D eigenvalue weighted by Crippen LogP contribution is 2.46. The molecule has 3 nitrogen and oxygen atoms in total. The summed E-state index contributed by atoms with van der Waals surface area (Å²) in [4.78, 5) is 9.22. The standard InChI is InChI=1S/C44H29N3/c1-2-13-31(14-3-1)44-46-40-22-10-11-23-41(40)47(44)33-26-24-30(25-27-33)42-36-18-6-8-20-38(36)43(39-21-9-7-19-37(39)42)35-17-5-4-16-34(35)32-15-12-28-45-29-32/h1-29H/i1D,2D,3D,13D,14D. The molecule has 0 bridgehead atoms. The fourth-order valence-corrected chi connectivity index (χ4v) is 6.80. The topological polar surface area (TPSA) is 30.7 Å². The number of nitrogens with zero attached hydrogens (tertiary/aromatic N) is 3. The van der Waals surface area contributed by atoms with Gasteiger partial charge in [0, 0.05) is 29.2 Å². The Kier molecular flexibility index (Phi) is 5.32. The lowest BCUT2D eigenvalue weighted by molar-refractivity contribution is 1.10. The summed E-state index contributed by atoms with van der Waals surface area (Å²) < 4.78 is 44.1. The Morgan fingerprint density at radius 3 is 1.79 bits per heavy atom. The third-order valence-corrected chi connectivity index (χ3v) is 8.80. The zero-order chi connectivity index (χ0) is 35.5. The van der Waals surface area contributed by atoms with Crippen LogP contribution in [0.2, 0.25) is 0 Å². The van der Waals surface area contributed by atoms with E-state index < -0.39 is 18.1 Å². The van der Waals surface area contributed by atoms with Gasteiger partial charge < -0.3 is 0 Å². The predicted octanol–water partition coefficient (Wildman–Crippen LogP) is 11.4. The fraction of sp³-hybridized carbons (Fsp3) is 0. The first-order chi connectivity index (χ1) is 25.4. The van der Waals surface area contributed by atoms with Crippen LogP contribution in [0.15, 0.2) is 176 Å². The van der Waals surface area contributed by atoms with Gasteiger partial charge in [0.25, 0.3) is 0 Å². The van der Waals surface area contributed by atoms with Crippen molar-refractivity contribution in [1.29, 1.82) is 0 Å². The van der Waals surface area contributed by atoms with E-state index in [1.54, 1.807) is 6.20 Å². The van der Waals surface area contributed by atoms with Crippen molar-refractivity contribution in [3.63, 3.8) is 0 Å². The maximum Gasteiger partial charge on any atom is 0.145 e. The van der Waals surface area contributed by atoms with Gasteiger partial charge in [-0.1, -0.05) is 133 Å². The van der Waals surface area contributed by atoms with Crippen LogP contribution in [-0.2, 0) is 0 Å². The Morgan fingerprint density at radius 2 is 1.11 bits per heavy atom. The van der Waals surface area contributed by atoms with Crippen LogP contribution in [0, 0.1) is 0 Å². The summed E-state index contributed by atoms with van der Waals surface area (Å²) in [5, 5.41) is 4.53. The molecule has 0 saturated carbocycles. The van der Waals surface area contributed by atoms with Crippen LogP contribution in [0.5, 0.6) is 0 Å². The molecular weight excluding hydrogens is 571 g/mol. The predicted molar refractivity (Wildman–Crippen MR) is 196 cm³/mol. The molecule has 9 rings (SSSR count). The average molecular weight is 605 g/mol. The molecule has 0 aliphatic heterocycles. The van der Waals surface area contributed by atoms with Crippen molar-refractivity contribution in [1.82, 2.24) is 14.5 Å². The van der Waals surface area contributed by atoms with E-state index in [0.29, 0.717) is 11.3 Å². The van der Waals surface area contributed by atoms with Gasteiger partial charge in [0.15, 0.2) is 0 Å². The van der Waals surface area contributed by atoms with E-state index in [0.717, 1.165) is 60.6 Å². The molecule has 9 aromatic rings. The molecule has 0 radical (unpaired) electrons. The average Bonchev–Trinajstić information content (AvgIpc) is 3.58. The quantitative estimate of drug-likeness (QED) is 0.183. The Labute approximate surface area is 280 Å². The van der Waals surface area contributed by atoms with E-state index >= 15 is 0 Å². The minimum absolute atomic E-state index is 0.0606. The summed E-state index contributed by atoms with van der Waals surface area (Å²) in [5.41, 5.74) is 8.86. The molecule has 0 aliphatic rings. The number of hydrogen-bond acceptors (Lipinski definition) is 2. The smallest absolute Gasteiger partial charge is 0.145 e. The first-order valence-electron chi connectivity index (χ1n) is 18.0. The SMILES string of the molecule is [2H]c1c([2H])c([2H])c(-c2nc3ccccc3n2-c2ccc(-c3c4ccccc4c(-c4ccccc4-c4cccnc4)c4ccccc34)cc2)c([2H])c1[2H]. The third-order valence-electron chi connectivity index (χ3n) is 8.80. The van der Waals surface area contributed by atoms with Gasteiger partial charge in [-0.15, -0.1) is 0 Å². The van der Waals surface area contributed by atoms with Gasteiger partial charge in [-0.2, -0.15) is 0 Å². The molecule has 47 heavy (non-hydrogen) atoms. The lowest BCUT2D eigenvalue weighted by atomic mass is 9.84. The van der Waals surface area contributed by atoms with E-state index in [9.17, 15) is 0 Å². The summed E-state index contributed by atoms with van der Waals surface area (Å²) in [6.45, 7) is 0. The number of fused-ring (bicyclic) bond motifs is 3. The molecule has 0 fully saturated rings. The minimum Gasteiger partial charge on any atom is -0.292 e. The van der Waals surface area contributed by atoms with E-state index in [2.05, 4.69) is 96.0 Å². The highest BCUT2D eigenvalue weighted by molar-refractivity contribution is 6.22. The van der Waals surface area contributed by atoms with Crippen LogP contribution in [-0.4, -0.2) is 14.5 Å². The zero-order valence-electron chi connectivity index (χ0n) is 30.2. The molecule has 0 saturated heterocycles. The van der Waals surface area contributed by atoms with Crippen LogP contribution < -0.4 is 0 Å². The molecule has 0 aliphatic carbocycles. The second-order valence-corrected chi connectivity index (χ2v) is 11.4. The van der Waals surface area contributed by atoms with E-state index in [1.165, 1.54) is 5.56 Å². The number of rotatable bonds is 5. The van der Waals surface area contributed by atoms with Gasteiger partial charge in [-0.05, 0) is 79.7 Å². The molecule has 0 unspecified atom stereocenters. The van der Waals surface area contributed by atoms with Crippen molar-refractivity contribution in [2.45, 2.75) is 0 Å². The maximum absolute atomic E-state index is 8.72. The van der Waals surface area contributed by atoms with Gasteiger partial charge in [-0.3, -0.25) is 9.55 Å². The van der Waals surface area contributed by atoms with E-state index in [4.69, 9.17) is 11.8 Å². The van der Waals surface area contributed by atoms with Gasteiger partial charge in [0.1, 0.15) is 5.82 Å². The number of benzene rings is 7. The van der Waals surface area contributed by atoms with Crippen LogP contribution in [0.3, 0.4) is 0 Å². The van der Waals surface area contributed by atoms with Crippen molar-refractivity contribution in [2.75, 3.05) is 0 Å². The number of aromatic nitrogens is 3. The third kappa shape index (κ3) is 4.52. The Morgan fingerprint density at radius 1 is 0.489 bits per heavy atom. The summed E-state index contributed by atoms with van der Waals surface area (Å²) in [6.07, 6.45) is 3.70. The molecule has 0 spiro atoms. The Balaban J connectivity index is 1.26. The van der Waals surface area contributed by atoms with Crippen LogP contribution in [0.25, 0.3) is 83.0 Å². The lowest BCUT2D eigenvalue weighted by Gasteiger charge is -2.20. The highest BCUT2D eigenvalue weighted by atomic mass is 15.1. The molecule has 2 aromatic heterocycles. The van der Waals surface area contributed by atoms with E-state index in [1.807, 2.05) is 53.2 Å². The van der Waals surface area contributed by atoms with Gasteiger partial charge >= 0.3 is 0 Å². The van der Waals surface area contributed by atoms with Crippen molar-refractivity contribution in [3.8, 4) is 50.5 Å². The number of hydrogen-bond donors (Lipinski definition) is 0. The number of para-hydroxylation sites is 2. The van der Waals surface area contributed by atoms with Crippen molar-refractivity contribution >= 4 is 32.6 Å². The molecular formula is C44H29N3. The number of pyridine rings is 1. The molecule has 0 atom stereocenters. The first kappa shape index (κ1) is 22.2. The fourth-order valence-electron chi connectivity index (χ4n) is 6.80. The highest BCUT2D eigenvalue weighted by Gasteiger charge is 2.19. The van der Waals surface area contributed by atoms with Crippen LogP contribution in [0.4, 0.5) is 0 Å². The Hall–Kier alpha value is -6.32. The maximum atomic E-state index is 8.72. The minimum atomic E-state index is -0.434. The second kappa shape index (κ2) is 11.2. The number of imidazole rings is 1. The Bertz CT molecular complexity index is 2760. The van der Waals surface area contributed by atoms with Gasteiger partial charge in [-0.25, -0.2) is 4.98 Å². The molecule has 0 N–H and O–H groups in total. The molecule has 0 amide bonds. The van der Waals surface area contributed by atoms with Gasteiger partial charge in [0.05, 0.1) is 17.9 Å². The summed E-state index contributed by atoms with van der Waals surface area (Å²) in [7, 11) is 0. The summed E-state index contributed by atoms with van der Waals surface area (Å²) >= 11 is 0. The summed E-state index contributed by atoms with van der Waals surface area (Å²) in [5.74, 6) is 0.290. The molecule has 2 heterocycles. The van der Waals surface area contributed by atoms with Gasteiger partial charge in [0.2, 0.25) is 0 Å². The van der Waals surface area contributed by atoms with Crippen LogP contribution in [0.1, 0.15) is 6.85 Å². The monoisotopic (exact) mass is 604 g/mol. The summed E-state index contributed by atoms with van der Waals surface area (Å²) in [6, 6.07) is 43.6. The lowest BCUT2D eigenvalue weighted by Crippen LogP contribution is -1.98. The van der Waals surface area contributed by atoms with E-state index in [-0.39, 0.29) is 17.6 Å². The molecule has 7 aromatic carbocycles. The van der Waals surface area contributed by atoms with Crippen LogP contribution >= 0.6 is 0 Å². The van der Waals surface area contributed by atoms with Crippen molar-refractivity contribution in [3.05, 3.63) is 176 Å². The van der Waals surface area contributed by atoms with Crippen molar-refractivity contribution in [2.24, 2.45) is 0 Å². The first-order valence-corrected chi connectivity index (χ1v) is 15.5.